The van der Waals surface area contributed by atoms with Crippen molar-refractivity contribution in [1.29, 1.82) is 0 Å². The molecule has 0 bridgehead atoms. The van der Waals surface area contributed by atoms with E-state index in [1.807, 2.05) is 24.3 Å². The zero-order valence-electron chi connectivity index (χ0n) is 11.0. The first-order chi connectivity index (χ1) is 8.58. The minimum absolute atomic E-state index is 0.0232. The Morgan fingerprint density at radius 3 is 2.61 bits per heavy atom. The van der Waals surface area contributed by atoms with Crippen molar-refractivity contribution in [3.63, 3.8) is 0 Å². The Labute approximate surface area is 114 Å². The molecule has 18 heavy (non-hydrogen) atoms. The van der Waals surface area contributed by atoms with Gasteiger partial charge < -0.3 is 10.1 Å². The van der Waals surface area contributed by atoms with Gasteiger partial charge in [0, 0.05) is 18.0 Å². The lowest BCUT2D eigenvalue weighted by atomic mass is 10.1. The number of carbonyl (C=O) groups excluding carboxylic acids is 1. The van der Waals surface area contributed by atoms with Crippen molar-refractivity contribution in [3.05, 3.63) is 29.8 Å². The molecule has 3 nitrogen and oxygen atoms in total. The quantitative estimate of drug-likeness (QED) is 0.588. The average Bonchev–Trinajstić information content (AvgIpc) is 2.31. The standard InChI is InChI=1S/C14H21NO2S/c1-11(2)10-17-8-7-15-14(16)9-12-3-5-13(18)6-4-12/h3-6,11,18H,7-10H2,1-2H3,(H,15,16). The van der Waals surface area contributed by atoms with Gasteiger partial charge in [-0.2, -0.15) is 0 Å². The molecule has 4 heteroatoms. The first-order valence-electron chi connectivity index (χ1n) is 6.20. The first-order valence-corrected chi connectivity index (χ1v) is 6.65. The number of hydrogen-bond donors (Lipinski definition) is 2. The van der Waals surface area contributed by atoms with E-state index in [0.29, 0.717) is 25.5 Å². The maximum Gasteiger partial charge on any atom is 0.224 e. The highest BCUT2D eigenvalue weighted by Crippen LogP contribution is 2.07. The van der Waals surface area contributed by atoms with Gasteiger partial charge in [-0.3, -0.25) is 4.79 Å². The van der Waals surface area contributed by atoms with Crippen LogP contribution in [-0.4, -0.2) is 25.7 Å². The molecule has 1 aromatic rings. The predicted octanol–water partition coefficient (Wildman–Crippen LogP) is 2.31. The summed E-state index contributed by atoms with van der Waals surface area (Å²) in [5.74, 6) is 0.551. The second kappa shape index (κ2) is 8.16. The van der Waals surface area contributed by atoms with Gasteiger partial charge >= 0.3 is 0 Å². The van der Waals surface area contributed by atoms with Crippen LogP contribution in [0.25, 0.3) is 0 Å². The summed E-state index contributed by atoms with van der Waals surface area (Å²) in [6, 6.07) is 7.60. The molecule has 1 N–H and O–H groups in total. The molecule has 0 aromatic heterocycles. The fourth-order valence-corrected chi connectivity index (χ4v) is 1.59. The first kappa shape index (κ1) is 15.1. The van der Waals surface area contributed by atoms with Crippen molar-refractivity contribution in [1.82, 2.24) is 5.32 Å². The van der Waals surface area contributed by atoms with Crippen LogP contribution in [0.5, 0.6) is 0 Å². The lowest BCUT2D eigenvalue weighted by Gasteiger charge is -2.08. The summed E-state index contributed by atoms with van der Waals surface area (Å²) < 4.78 is 5.39. The molecule has 0 aliphatic carbocycles. The lowest BCUT2D eigenvalue weighted by Crippen LogP contribution is -2.29. The van der Waals surface area contributed by atoms with Crippen LogP contribution in [-0.2, 0) is 16.0 Å². The van der Waals surface area contributed by atoms with E-state index in [-0.39, 0.29) is 5.91 Å². The molecule has 0 aliphatic heterocycles. The zero-order chi connectivity index (χ0) is 13.4. The fourth-order valence-electron chi connectivity index (χ4n) is 1.44. The van der Waals surface area contributed by atoms with Gasteiger partial charge in [-0.05, 0) is 23.6 Å². The summed E-state index contributed by atoms with van der Waals surface area (Å²) in [5.41, 5.74) is 0.994. The summed E-state index contributed by atoms with van der Waals surface area (Å²) >= 11 is 4.20. The molecule has 1 aromatic carbocycles. The molecule has 0 unspecified atom stereocenters. The Balaban J connectivity index is 2.16. The van der Waals surface area contributed by atoms with E-state index in [4.69, 9.17) is 4.74 Å². The van der Waals surface area contributed by atoms with E-state index in [2.05, 4.69) is 31.8 Å². The minimum atomic E-state index is 0.0232. The van der Waals surface area contributed by atoms with Crippen molar-refractivity contribution >= 4 is 18.5 Å². The maximum absolute atomic E-state index is 11.6. The summed E-state index contributed by atoms with van der Waals surface area (Å²) in [5, 5.41) is 2.84. The number of hydrogen-bond acceptors (Lipinski definition) is 3. The Morgan fingerprint density at radius 1 is 1.33 bits per heavy atom. The van der Waals surface area contributed by atoms with Crippen LogP contribution in [0, 0.1) is 5.92 Å². The summed E-state index contributed by atoms with van der Waals surface area (Å²) in [4.78, 5) is 12.5. The van der Waals surface area contributed by atoms with Crippen molar-refractivity contribution < 1.29 is 9.53 Å². The molecule has 0 aliphatic rings. The third-order valence-electron chi connectivity index (χ3n) is 2.32. The van der Waals surface area contributed by atoms with Crippen LogP contribution in [0.3, 0.4) is 0 Å². The van der Waals surface area contributed by atoms with Gasteiger partial charge in [0.15, 0.2) is 0 Å². The molecule has 0 saturated heterocycles. The molecule has 0 atom stereocenters. The van der Waals surface area contributed by atoms with E-state index in [1.165, 1.54) is 0 Å². The van der Waals surface area contributed by atoms with Crippen LogP contribution in [0.15, 0.2) is 29.2 Å². The van der Waals surface area contributed by atoms with E-state index >= 15 is 0 Å². The van der Waals surface area contributed by atoms with Crippen molar-refractivity contribution in [3.8, 4) is 0 Å². The van der Waals surface area contributed by atoms with Crippen LogP contribution >= 0.6 is 12.6 Å². The predicted molar refractivity (Wildman–Crippen MR) is 76.1 cm³/mol. The number of carbonyl (C=O) groups is 1. The second-order valence-electron chi connectivity index (χ2n) is 4.66. The average molecular weight is 267 g/mol. The SMILES string of the molecule is CC(C)COCCNC(=O)Cc1ccc(S)cc1. The number of thiol groups is 1. The van der Waals surface area contributed by atoms with Gasteiger partial charge in [0.05, 0.1) is 13.0 Å². The highest BCUT2D eigenvalue weighted by Gasteiger charge is 2.02. The number of benzene rings is 1. The summed E-state index contributed by atoms with van der Waals surface area (Å²) in [6.07, 6.45) is 0.401. The highest BCUT2D eigenvalue weighted by molar-refractivity contribution is 7.80. The molecule has 1 rings (SSSR count). The Hall–Kier alpha value is -1.00. The topological polar surface area (TPSA) is 38.3 Å². The number of rotatable bonds is 7. The number of nitrogens with one attached hydrogen (secondary N) is 1. The van der Waals surface area contributed by atoms with E-state index in [9.17, 15) is 4.79 Å². The van der Waals surface area contributed by atoms with Gasteiger partial charge in [-0.15, -0.1) is 12.6 Å². The molecule has 1 amide bonds. The molecule has 0 heterocycles. The largest absolute Gasteiger partial charge is 0.379 e. The van der Waals surface area contributed by atoms with E-state index in [1.54, 1.807) is 0 Å². The zero-order valence-corrected chi connectivity index (χ0v) is 11.9. The third-order valence-corrected chi connectivity index (χ3v) is 2.62. The van der Waals surface area contributed by atoms with Crippen LogP contribution in [0.2, 0.25) is 0 Å². The van der Waals surface area contributed by atoms with Gasteiger partial charge in [0.1, 0.15) is 0 Å². The molecule has 0 spiro atoms. The second-order valence-corrected chi connectivity index (χ2v) is 5.18. The molecule has 0 radical (unpaired) electrons. The smallest absolute Gasteiger partial charge is 0.224 e. The van der Waals surface area contributed by atoms with Crippen molar-refractivity contribution in [2.45, 2.75) is 25.2 Å². The van der Waals surface area contributed by atoms with Crippen LogP contribution in [0.1, 0.15) is 19.4 Å². The minimum Gasteiger partial charge on any atom is -0.379 e. The highest BCUT2D eigenvalue weighted by atomic mass is 32.1. The Morgan fingerprint density at radius 2 is 2.00 bits per heavy atom. The maximum atomic E-state index is 11.6. The number of ether oxygens (including phenoxy) is 1. The van der Waals surface area contributed by atoms with E-state index in [0.717, 1.165) is 17.1 Å². The normalized spacial score (nSPS) is 10.7. The monoisotopic (exact) mass is 267 g/mol. The van der Waals surface area contributed by atoms with Gasteiger partial charge in [0.2, 0.25) is 5.91 Å². The third kappa shape index (κ3) is 6.67. The van der Waals surface area contributed by atoms with Gasteiger partial charge in [-0.25, -0.2) is 0 Å². The molecule has 0 saturated carbocycles. The van der Waals surface area contributed by atoms with Crippen LogP contribution < -0.4 is 5.32 Å². The fraction of sp³-hybridized carbons (Fsp3) is 0.500. The molecule has 0 fully saturated rings. The van der Waals surface area contributed by atoms with Gasteiger partial charge in [-0.1, -0.05) is 26.0 Å². The summed E-state index contributed by atoms with van der Waals surface area (Å²) in [6.45, 7) is 6.07. The van der Waals surface area contributed by atoms with E-state index < -0.39 is 0 Å². The van der Waals surface area contributed by atoms with Crippen LogP contribution in [0.4, 0.5) is 0 Å². The Kier molecular flexibility index (Phi) is 6.83. The Bertz CT molecular complexity index is 363. The number of amides is 1. The molecular weight excluding hydrogens is 246 g/mol. The molecule has 100 valence electrons. The molecular formula is C14H21NO2S. The van der Waals surface area contributed by atoms with Crippen molar-refractivity contribution in [2.75, 3.05) is 19.8 Å². The summed E-state index contributed by atoms with van der Waals surface area (Å²) in [7, 11) is 0. The van der Waals surface area contributed by atoms with Gasteiger partial charge in [0.25, 0.3) is 0 Å². The van der Waals surface area contributed by atoms with Crippen molar-refractivity contribution in [2.24, 2.45) is 5.92 Å². The lowest BCUT2D eigenvalue weighted by molar-refractivity contribution is -0.120.